The van der Waals surface area contributed by atoms with Gasteiger partial charge in [-0.15, -0.1) is 0 Å². The van der Waals surface area contributed by atoms with Crippen LogP contribution in [0.15, 0.2) is 12.3 Å². The highest BCUT2D eigenvalue weighted by Gasteiger charge is 2.11. The van der Waals surface area contributed by atoms with Crippen molar-refractivity contribution < 1.29 is 0 Å². The van der Waals surface area contributed by atoms with Gasteiger partial charge in [0.2, 0.25) is 0 Å². The molecule has 0 aromatic carbocycles. The largest absolute Gasteiger partial charge is 0.368 e. The first-order valence-corrected chi connectivity index (χ1v) is 5.97. The molecule has 0 saturated carbocycles. The molecule has 0 aliphatic carbocycles. The minimum absolute atomic E-state index is 0.502. The highest BCUT2D eigenvalue weighted by molar-refractivity contribution is 5.35. The Kier molecular flexibility index (Phi) is 4.66. The van der Waals surface area contributed by atoms with E-state index in [4.69, 9.17) is 0 Å². The molecule has 0 aliphatic rings. The highest BCUT2D eigenvalue weighted by atomic mass is 15.3. The van der Waals surface area contributed by atoms with Gasteiger partial charge >= 0.3 is 0 Å². The normalized spacial score (nSPS) is 14.9. The van der Waals surface area contributed by atoms with Gasteiger partial charge < -0.3 is 5.32 Å². The Labute approximate surface area is 92.9 Å². The summed E-state index contributed by atoms with van der Waals surface area (Å²) < 4.78 is 2.04. The van der Waals surface area contributed by atoms with Crippen molar-refractivity contribution >= 4 is 5.82 Å². The van der Waals surface area contributed by atoms with Crippen LogP contribution in [0, 0.1) is 5.92 Å². The first-order chi connectivity index (χ1) is 7.19. The average molecular weight is 209 g/mol. The van der Waals surface area contributed by atoms with E-state index in [9.17, 15) is 0 Å². The standard InChI is InChI=1S/C12H23N3/c1-5-9-15-12(7-8-13-15)14-11(4)10(3)6-2/h7-8,10-11,14H,5-6,9H2,1-4H3. The number of hydrogen-bond donors (Lipinski definition) is 1. The predicted octanol–water partition coefficient (Wildman–Crippen LogP) is 3.14. The zero-order valence-electron chi connectivity index (χ0n) is 10.3. The van der Waals surface area contributed by atoms with Crippen LogP contribution in [0.3, 0.4) is 0 Å². The number of aromatic nitrogens is 2. The molecular formula is C12H23N3. The van der Waals surface area contributed by atoms with Crippen LogP contribution >= 0.6 is 0 Å². The summed E-state index contributed by atoms with van der Waals surface area (Å²) >= 11 is 0. The van der Waals surface area contributed by atoms with E-state index in [0.717, 1.165) is 18.8 Å². The lowest BCUT2D eigenvalue weighted by Crippen LogP contribution is -2.24. The van der Waals surface area contributed by atoms with Crippen molar-refractivity contribution in [2.24, 2.45) is 5.92 Å². The summed E-state index contributed by atoms with van der Waals surface area (Å²) in [6.07, 6.45) is 4.19. The first kappa shape index (κ1) is 12.1. The van der Waals surface area contributed by atoms with E-state index < -0.39 is 0 Å². The summed E-state index contributed by atoms with van der Waals surface area (Å²) in [5, 5.41) is 7.82. The molecule has 0 aliphatic heterocycles. The Morgan fingerprint density at radius 1 is 1.40 bits per heavy atom. The third-order valence-corrected chi connectivity index (χ3v) is 3.03. The minimum atomic E-state index is 0.502. The Balaban J connectivity index is 2.59. The summed E-state index contributed by atoms with van der Waals surface area (Å²) in [5.41, 5.74) is 0. The number of nitrogens with one attached hydrogen (secondary N) is 1. The molecule has 0 saturated heterocycles. The number of hydrogen-bond acceptors (Lipinski definition) is 2. The summed E-state index contributed by atoms with van der Waals surface area (Å²) in [4.78, 5) is 0. The van der Waals surface area contributed by atoms with Crippen molar-refractivity contribution in [1.82, 2.24) is 9.78 Å². The van der Waals surface area contributed by atoms with Gasteiger partial charge in [-0.05, 0) is 19.3 Å². The molecular weight excluding hydrogens is 186 g/mol. The molecule has 1 heterocycles. The molecule has 0 radical (unpaired) electrons. The molecule has 0 amide bonds. The smallest absolute Gasteiger partial charge is 0.124 e. The van der Waals surface area contributed by atoms with E-state index in [-0.39, 0.29) is 0 Å². The zero-order chi connectivity index (χ0) is 11.3. The number of rotatable bonds is 6. The summed E-state index contributed by atoms with van der Waals surface area (Å²) in [5.74, 6) is 1.83. The van der Waals surface area contributed by atoms with Crippen LogP contribution in [0.2, 0.25) is 0 Å². The molecule has 3 heteroatoms. The van der Waals surface area contributed by atoms with Gasteiger partial charge in [0.15, 0.2) is 0 Å². The van der Waals surface area contributed by atoms with E-state index in [1.165, 1.54) is 6.42 Å². The summed E-state index contributed by atoms with van der Waals surface area (Å²) in [7, 11) is 0. The quantitative estimate of drug-likeness (QED) is 0.780. The van der Waals surface area contributed by atoms with Crippen LogP contribution in [0.25, 0.3) is 0 Å². The molecule has 1 aromatic rings. The Bertz CT molecular complexity index is 280. The third kappa shape index (κ3) is 3.26. The Morgan fingerprint density at radius 2 is 2.13 bits per heavy atom. The van der Waals surface area contributed by atoms with Crippen LogP contribution in [0.5, 0.6) is 0 Å². The second kappa shape index (κ2) is 5.79. The minimum Gasteiger partial charge on any atom is -0.368 e. The van der Waals surface area contributed by atoms with Gasteiger partial charge in [-0.25, -0.2) is 4.68 Å². The topological polar surface area (TPSA) is 29.9 Å². The van der Waals surface area contributed by atoms with Gasteiger partial charge in [-0.3, -0.25) is 0 Å². The molecule has 0 fully saturated rings. The first-order valence-electron chi connectivity index (χ1n) is 5.97. The fraction of sp³-hybridized carbons (Fsp3) is 0.750. The van der Waals surface area contributed by atoms with Crippen LogP contribution in [0.4, 0.5) is 5.82 Å². The van der Waals surface area contributed by atoms with E-state index in [2.05, 4.69) is 44.2 Å². The SMILES string of the molecule is CCCn1nccc1NC(C)C(C)CC. The van der Waals surface area contributed by atoms with Crippen molar-refractivity contribution in [3.63, 3.8) is 0 Å². The molecule has 1 N–H and O–H groups in total. The second-order valence-corrected chi connectivity index (χ2v) is 4.26. The van der Waals surface area contributed by atoms with E-state index in [1.807, 2.05) is 10.9 Å². The van der Waals surface area contributed by atoms with Crippen LogP contribution in [-0.4, -0.2) is 15.8 Å². The van der Waals surface area contributed by atoms with Gasteiger partial charge in [0.25, 0.3) is 0 Å². The summed E-state index contributed by atoms with van der Waals surface area (Å²) in [6, 6.07) is 2.55. The average Bonchev–Trinajstić information content (AvgIpc) is 2.65. The van der Waals surface area contributed by atoms with Gasteiger partial charge in [0, 0.05) is 18.7 Å². The van der Waals surface area contributed by atoms with E-state index in [1.54, 1.807) is 0 Å². The third-order valence-electron chi connectivity index (χ3n) is 3.03. The van der Waals surface area contributed by atoms with Gasteiger partial charge in [-0.2, -0.15) is 5.10 Å². The van der Waals surface area contributed by atoms with Gasteiger partial charge in [-0.1, -0.05) is 27.2 Å². The number of anilines is 1. The summed E-state index contributed by atoms with van der Waals surface area (Å²) in [6.45, 7) is 9.90. The number of aryl methyl sites for hydroxylation is 1. The Morgan fingerprint density at radius 3 is 2.73 bits per heavy atom. The van der Waals surface area contributed by atoms with Crippen molar-refractivity contribution in [2.45, 2.75) is 53.1 Å². The monoisotopic (exact) mass is 209 g/mol. The second-order valence-electron chi connectivity index (χ2n) is 4.26. The highest BCUT2D eigenvalue weighted by Crippen LogP contribution is 2.14. The van der Waals surface area contributed by atoms with Gasteiger partial charge in [0.05, 0.1) is 6.20 Å². The Hall–Kier alpha value is -0.990. The fourth-order valence-corrected chi connectivity index (χ4v) is 1.57. The molecule has 2 atom stereocenters. The lowest BCUT2D eigenvalue weighted by Gasteiger charge is -2.21. The fourth-order valence-electron chi connectivity index (χ4n) is 1.57. The molecule has 15 heavy (non-hydrogen) atoms. The lowest BCUT2D eigenvalue weighted by molar-refractivity contribution is 0.487. The van der Waals surface area contributed by atoms with E-state index >= 15 is 0 Å². The molecule has 1 aromatic heterocycles. The maximum Gasteiger partial charge on any atom is 0.124 e. The molecule has 86 valence electrons. The maximum atomic E-state index is 4.30. The molecule has 0 spiro atoms. The lowest BCUT2D eigenvalue weighted by atomic mass is 10.0. The zero-order valence-corrected chi connectivity index (χ0v) is 10.3. The van der Waals surface area contributed by atoms with Crippen LogP contribution in [0.1, 0.15) is 40.5 Å². The molecule has 3 nitrogen and oxygen atoms in total. The van der Waals surface area contributed by atoms with Crippen molar-refractivity contribution in [2.75, 3.05) is 5.32 Å². The molecule has 2 unspecified atom stereocenters. The maximum absolute atomic E-state index is 4.30. The predicted molar refractivity (Wildman–Crippen MR) is 65.1 cm³/mol. The molecule has 0 bridgehead atoms. The molecule has 1 rings (SSSR count). The van der Waals surface area contributed by atoms with Crippen molar-refractivity contribution in [3.05, 3.63) is 12.3 Å². The van der Waals surface area contributed by atoms with Crippen LogP contribution in [-0.2, 0) is 6.54 Å². The number of nitrogens with zero attached hydrogens (tertiary/aromatic N) is 2. The van der Waals surface area contributed by atoms with Crippen molar-refractivity contribution in [1.29, 1.82) is 0 Å². The van der Waals surface area contributed by atoms with Crippen molar-refractivity contribution in [3.8, 4) is 0 Å². The van der Waals surface area contributed by atoms with Crippen LogP contribution < -0.4 is 5.32 Å². The van der Waals surface area contributed by atoms with E-state index in [0.29, 0.717) is 12.0 Å². The van der Waals surface area contributed by atoms with Gasteiger partial charge in [0.1, 0.15) is 5.82 Å².